The molecular weight excluding hydrogens is 242 g/mol. The highest BCUT2D eigenvalue weighted by atomic mass is 35.5. The first-order chi connectivity index (χ1) is 8.60. The van der Waals surface area contributed by atoms with Crippen molar-refractivity contribution in [2.45, 2.75) is 53.1 Å². The molecule has 102 valence electrons. The summed E-state index contributed by atoms with van der Waals surface area (Å²) in [4.78, 5) is 2.52. The second-order valence-corrected chi connectivity index (χ2v) is 5.50. The second-order valence-electron chi connectivity index (χ2n) is 5.13. The van der Waals surface area contributed by atoms with Crippen molar-refractivity contribution in [3.05, 3.63) is 34.9 Å². The van der Waals surface area contributed by atoms with Crippen LogP contribution in [0.25, 0.3) is 0 Å². The van der Waals surface area contributed by atoms with E-state index in [1.807, 2.05) is 0 Å². The molecule has 0 spiro atoms. The average molecular weight is 268 g/mol. The molecule has 0 amide bonds. The van der Waals surface area contributed by atoms with Crippen LogP contribution < -0.4 is 0 Å². The van der Waals surface area contributed by atoms with Crippen molar-refractivity contribution in [3.8, 4) is 0 Å². The van der Waals surface area contributed by atoms with Crippen molar-refractivity contribution < 1.29 is 0 Å². The van der Waals surface area contributed by atoms with Gasteiger partial charge in [0.25, 0.3) is 0 Å². The summed E-state index contributed by atoms with van der Waals surface area (Å²) in [5, 5.41) is 0. The molecule has 1 aromatic carbocycles. The maximum absolute atomic E-state index is 5.94. The first-order valence-electron chi connectivity index (χ1n) is 6.97. The molecular formula is C16H26ClN. The molecule has 0 aliphatic rings. The molecule has 0 bridgehead atoms. The molecule has 2 heteroatoms. The van der Waals surface area contributed by atoms with Gasteiger partial charge in [-0.25, -0.2) is 0 Å². The van der Waals surface area contributed by atoms with Gasteiger partial charge < -0.3 is 0 Å². The van der Waals surface area contributed by atoms with Crippen molar-refractivity contribution in [2.75, 3.05) is 12.4 Å². The number of nitrogens with zero attached hydrogens (tertiary/aromatic N) is 1. The van der Waals surface area contributed by atoms with Crippen molar-refractivity contribution in [2.24, 2.45) is 0 Å². The third-order valence-electron chi connectivity index (χ3n) is 3.50. The van der Waals surface area contributed by atoms with Crippen molar-refractivity contribution >= 4 is 11.6 Å². The van der Waals surface area contributed by atoms with Crippen LogP contribution in [0, 0.1) is 13.8 Å². The highest BCUT2D eigenvalue weighted by Crippen LogP contribution is 2.16. The largest absolute Gasteiger partial charge is 0.295 e. The minimum absolute atomic E-state index is 0.643. The van der Waals surface area contributed by atoms with Gasteiger partial charge in [-0.1, -0.05) is 43.2 Å². The zero-order valence-corrected chi connectivity index (χ0v) is 12.9. The van der Waals surface area contributed by atoms with Crippen LogP contribution in [0.4, 0.5) is 0 Å². The average Bonchev–Trinajstić information content (AvgIpc) is 2.29. The molecule has 0 saturated carbocycles. The second kappa shape index (κ2) is 7.81. The van der Waals surface area contributed by atoms with Crippen LogP contribution in [0.1, 0.15) is 43.4 Å². The fourth-order valence-electron chi connectivity index (χ4n) is 2.70. The van der Waals surface area contributed by atoms with E-state index in [0.717, 1.165) is 13.1 Å². The SMILES string of the molecule is CCC(CC)N(CCCl)Cc1cc(C)cc(C)c1. The van der Waals surface area contributed by atoms with E-state index in [4.69, 9.17) is 11.6 Å². The summed E-state index contributed by atoms with van der Waals surface area (Å²) in [5.74, 6) is 0.710. The summed E-state index contributed by atoms with van der Waals surface area (Å²) < 4.78 is 0. The summed E-state index contributed by atoms with van der Waals surface area (Å²) in [5.41, 5.74) is 4.10. The predicted molar refractivity (Wildman–Crippen MR) is 81.4 cm³/mol. The van der Waals surface area contributed by atoms with Crippen LogP contribution in [0.5, 0.6) is 0 Å². The van der Waals surface area contributed by atoms with Gasteiger partial charge in [0.2, 0.25) is 0 Å². The summed E-state index contributed by atoms with van der Waals surface area (Å²) in [7, 11) is 0. The van der Waals surface area contributed by atoms with Gasteiger partial charge in [-0.3, -0.25) is 4.90 Å². The van der Waals surface area contributed by atoms with Crippen LogP contribution in [0.3, 0.4) is 0 Å². The number of halogens is 1. The Morgan fingerprint density at radius 1 is 1.06 bits per heavy atom. The van der Waals surface area contributed by atoms with Crippen LogP contribution in [-0.4, -0.2) is 23.4 Å². The molecule has 18 heavy (non-hydrogen) atoms. The fraction of sp³-hybridized carbons (Fsp3) is 0.625. The molecule has 0 unspecified atom stereocenters. The maximum Gasteiger partial charge on any atom is 0.0351 e. The van der Waals surface area contributed by atoms with E-state index < -0.39 is 0 Å². The first-order valence-corrected chi connectivity index (χ1v) is 7.51. The molecule has 0 N–H and O–H groups in total. The Bertz CT molecular complexity index is 338. The Hall–Kier alpha value is -0.530. The molecule has 0 saturated heterocycles. The maximum atomic E-state index is 5.94. The van der Waals surface area contributed by atoms with Gasteiger partial charge in [0, 0.05) is 25.0 Å². The number of alkyl halides is 1. The third-order valence-corrected chi connectivity index (χ3v) is 3.67. The Balaban J connectivity index is 2.81. The first kappa shape index (κ1) is 15.5. The molecule has 0 heterocycles. The summed E-state index contributed by atoms with van der Waals surface area (Å²) in [6.45, 7) is 10.8. The van der Waals surface area contributed by atoms with E-state index in [1.165, 1.54) is 29.5 Å². The van der Waals surface area contributed by atoms with Gasteiger partial charge in [-0.05, 0) is 32.3 Å². The Morgan fingerprint density at radius 3 is 2.06 bits per heavy atom. The molecule has 1 rings (SSSR count). The number of hydrogen-bond donors (Lipinski definition) is 0. The molecule has 0 fully saturated rings. The zero-order chi connectivity index (χ0) is 13.5. The smallest absolute Gasteiger partial charge is 0.0351 e. The molecule has 0 radical (unpaired) electrons. The highest BCUT2D eigenvalue weighted by Gasteiger charge is 2.14. The molecule has 0 aromatic heterocycles. The van der Waals surface area contributed by atoms with E-state index in [1.54, 1.807) is 0 Å². The standard InChI is InChI=1S/C16H26ClN/c1-5-16(6-2)18(8-7-17)12-15-10-13(3)9-14(4)11-15/h9-11,16H,5-8,12H2,1-4H3. The number of hydrogen-bond acceptors (Lipinski definition) is 1. The van der Waals surface area contributed by atoms with Crippen molar-refractivity contribution in [1.82, 2.24) is 4.90 Å². The Morgan fingerprint density at radius 2 is 1.61 bits per heavy atom. The summed E-state index contributed by atoms with van der Waals surface area (Å²) in [6, 6.07) is 7.45. The lowest BCUT2D eigenvalue weighted by Crippen LogP contribution is -2.35. The van der Waals surface area contributed by atoms with Gasteiger partial charge in [-0.2, -0.15) is 0 Å². The summed E-state index contributed by atoms with van der Waals surface area (Å²) >= 11 is 5.94. The van der Waals surface area contributed by atoms with Gasteiger partial charge in [0.05, 0.1) is 0 Å². The molecule has 0 atom stereocenters. The molecule has 0 aliphatic carbocycles. The third kappa shape index (κ3) is 4.62. The lowest BCUT2D eigenvalue weighted by molar-refractivity contribution is 0.188. The molecule has 1 nitrogen and oxygen atoms in total. The highest BCUT2D eigenvalue weighted by molar-refractivity contribution is 6.18. The van der Waals surface area contributed by atoms with E-state index >= 15 is 0 Å². The Kier molecular flexibility index (Phi) is 6.73. The Labute approximate surface area is 117 Å². The van der Waals surface area contributed by atoms with Crippen molar-refractivity contribution in [1.29, 1.82) is 0 Å². The van der Waals surface area contributed by atoms with Gasteiger partial charge in [-0.15, -0.1) is 11.6 Å². The van der Waals surface area contributed by atoms with Gasteiger partial charge in [0.15, 0.2) is 0 Å². The van der Waals surface area contributed by atoms with Crippen LogP contribution in [0.2, 0.25) is 0 Å². The molecule has 0 aliphatic heterocycles. The number of rotatable bonds is 7. The number of benzene rings is 1. The topological polar surface area (TPSA) is 3.24 Å². The van der Waals surface area contributed by atoms with Gasteiger partial charge in [0.1, 0.15) is 0 Å². The van der Waals surface area contributed by atoms with Crippen molar-refractivity contribution in [3.63, 3.8) is 0 Å². The fourth-order valence-corrected chi connectivity index (χ4v) is 2.92. The van der Waals surface area contributed by atoms with E-state index in [-0.39, 0.29) is 0 Å². The van der Waals surface area contributed by atoms with Crippen LogP contribution >= 0.6 is 11.6 Å². The minimum atomic E-state index is 0.643. The van der Waals surface area contributed by atoms with Crippen LogP contribution in [-0.2, 0) is 6.54 Å². The lowest BCUT2D eigenvalue weighted by atomic mass is 10.0. The van der Waals surface area contributed by atoms with E-state index in [9.17, 15) is 0 Å². The normalized spacial score (nSPS) is 11.5. The quantitative estimate of drug-likeness (QED) is 0.656. The van der Waals surface area contributed by atoms with Crippen LogP contribution in [0.15, 0.2) is 18.2 Å². The van der Waals surface area contributed by atoms with Gasteiger partial charge >= 0.3 is 0 Å². The lowest BCUT2D eigenvalue weighted by Gasteiger charge is -2.30. The van der Waals surface area contributed by atoms with E-state index in [2.05, 4.69) is 50.8 Å². The summed E-state index contributed by atoms with van der Waals surface area (Å²) in [6.07, 6.45) is 2.39. The monoisotopic (exact) mass is 267 g/mol. The number of aryl methyl sites for hydroxylation is 2. The predicted octanol–water partition coefficient (Wildman–Crippen LogP) is 4.53. The zero-order valence-electron chi connectivity index (χ0n) is 12.2. The molecule has 1 aromatic rings. The minimum Gasteiger partial charge on any atom is -0.295 e. The van der Waals surface area contributed by atoms with E-state index in [0.29, 0.717) is 11.9 Å².